The quantitative estimate of drug-likeness (QED) is 0.725. The second kappa shape index (κ2) is 6.19. The molecular formula is C12H17NO2. The van der Waals surface area contributed by atoms with Gasteiger partial charge < -0.3 is 9.84 Å². The third-order valence-electron chi connectivity index (χ3n) is 2.18. The Balaban J connectivity index is 2.45. The number of aliphatic hydroxyl groups is 1. The summed E-state index contributed by atoms with van der Waals surface area (Å²) in [6.07, 6.45) is 5.44. The van der Waals surface area contributed by atoms with Gasteiger partial charge >= 0.3 is 0 Å². The first kappa shape index (κ1) is 11.7. The Kier molecular flexibility index (Phi) is 4.84. The number of pyridine rings is 1. The molecule has 1 rings (SSSR count). The van der Waals surface area contributed by atoms with Gasteiger partial charge in [-0.2, -0.15) is 0 Å². The molecule has 0 aliphatic carbocycles. The van der Waals surface area contributed by atoms with Gasteiger partial charge in [-0.1, -0.05) is 12.1 Å². The van der Waals surface area contributed by atoms with Crippen LogP contribution in [0.3, 0.4) is 0 Å². The highest BCUT2D eigenvalue weighted by Crippen LogP contribution is 2.10. The molecule has 0 saturated heterocycles. The first-order valence-electron chi connectivity index (χ1n) is 5.04. The van der Waals surface area contributed by atoms with E-state index in [1.165, 1.54) is 0 Å². The molecule has 1 heterocycles. The third-order valence-corrected chi connectivity index (χ3v) is 2.18. The van der Waals surface area contributed by atoms with Crippen molar-refractivity contribution in [3.8, 4) is 5.88 Å². The van der Waals surface area contributed by atoms with Crippen molar-refractivity contribution < 1.29 is 9.84 Å². The zero-order chi connectivity index (χ0) is 11.1. The van der Waals surface area contributed by atoms with Gasteiger partial charge in [-0.25, -0.2) is 4.98 Å². The standard InChI is InChI=1S/C12H17NO2/c1-3-4-5-11(14)8-10-6-7-12(15-2)13-9-10/h3,6-7,9,11,14H,1,4-5,8H2,2H3. The molecule has 0 aliphatic rings. The van der Waals surface area contributed by atoms with Gasteiger partial charge in [-0.05, 0) is 24.8 Å². The molecule has 0 aliphatic heterocycles. The molecule has 1 unspecified atom stereocenters. The van der Waals surface area contributed by atoms with E-state index < -0.39 is 0 Å². The zero-order valence-electron chi connectivity index (χ0n) is 9.02. The van der Waals surface area contributed by atoms with Crippen LogP contribution in [0.4, 0.5) is 0 Å². The highest BCUT2D eigenvalue weighted by atomic mass is 16.5. The molecule has 1 aromatic rings. The molecule has 1 aromatic heterocycles. The number of allylic oxidation sites excluding steroid dienone is 1. The van der Waals surface area contributed by atoms with Crippen LogP contribution in [0.1, 0.15) is 18.4 Å². The van der Waals surface area contributed by atoms with Crippen LogP contribution in [0.2, 0.25) is 0 Å². The maximum absolute atomic E-state index is 9.65. The number of nitrogens with zero attached hydrogens (tertiary/aromatic N) is 1. The SMILES string of the molecule is C=CCCC(O)Cc1ccc(OC)nc1. The van der Waals surface area contributed by atoms with Crippen molar-refractivity contribution in [2.75, 3.05) is 7.11 Å². The van der Waals surface area contributed by atoms with Crippen LogP contribution in [-0.4, -0.2) is 23.3 Å². The average Bonchev–Trinajstić information content (AvgIpc) is 2.27. The summed E-state index contributed by atoms with van der Waals surface area (Å²) >= 11 is 0. The van der Waals surface area contributed by atoms with Crippen molar-refractivity contribution in [3.63, 3.8) is 0 Å². The number of hydrogen-bond acceptors (Lipinski definition) is 3. The monoisotopic (exact) mass is 207 g/mol. The lowest BCUT2D eigenvalue weighted by Gasteiger charge is -2.09. The fourth-order valence-corrected chi connectivity index (χ4v) is 1.34. The van der Waals surface area contributed by atoms with E-state index in [2.05, 4.69) is 11.6 Å². The average molecular weight is 207 g/mol. The van der Waals surface area contributed by atoms with Gasteiger partial charge in [0, 0.05) is 12.3 Å². The van der Waals surface area contributed by atoms with Gasteiger partial charge in [0.05, 0.1) is 13.2 Å². The van der Waals surface area contributed by atoms with E-state index >= 15 is 0 Å². The van der Waals surface area contributed by atoms with Gasteiger partial charge in [-0.3, -0.25) is 0 Å². The minimum atomic E-state index is -0.321. The molecule has 0 amide bonds. The largest absolute Gasteiger partial charge is 0.481 e. The van der Waals surface area contributed by atoms with Crippen molar-refractivity contribution >= 4 is 0 Å². The number of hydrogen-bond donors (Lipinski definition) is 1. The first-order chi connectivity index (χ1) is 7.26. The van der Waals surface area contributed by atoms with Crippen molar-refractivity contribution in [2.24, 2.45) is 0 Å². The van der Waals surface area contributed by atoms with Gasteiger partial charge in [0.25, 0.3) is 0 Å². The molecule has 0 radical (unpaired) electrons. The topological polar surface area (TPSA) is 42.4 Å². The molecule has 0 fully saturated rings. The molecule has 1 atom stereocenters. The number of methoxy groups -OCH3 is 1. The van der Waals surface area contributed by atoms with Crippen LogP contribution in [0, 0.1) is 0 Å². The number of aromatic nitrogens is 1. The number of rotatable bonds is 6. The highest BCUT2D eigenvalue weighted by molar-refractivity contribution is 5.18. The molecular weight excluding hydrogens is 190 g/mol. The summed E-state index contributed by atoms with van der Waals surface area (Å²) < 4.78 is 4.95. The van der Waals surface area contributed by atoms with E-state index in [1.54, 1.807) is 19.4 Å². The van der Waals surface area contributed by atoms with Gasteiger partial charge in [0.1, 0.15) is 0 Å². The van der Waals surface area contributed by atoms with Gasteiger partial charge in [0.15, 0.2) is 0 Å². The van der Waals surface area contributed by atoms with E-state index in [-0.39, 0.29) is 6.10 Å². The summed E-state index contributed by atoms with van der Waals surface area (Å²) in [5.74, 6) is 0.597. The lowest BCUT2D eigenvalue weighted by atomic mass is 10.1. The minimum Gasteiger partial charge on any atom is -0.481 e. The van der Waals surface area contributed by atoms with Crippen LogP contribution in [0.5, 0.6) is 5.88 Å². The Morgan fingerprint density at radius 2 is 2.40 bits per heavy atom. The first-order valence-corrected chi connectivity index (χ1v) is 5.04. The summed E-state index contributed by atoms with van der Waals surface area (Å²) in [4.78, 5) is 4.08. The highest BCUT2D eigenvalue weighted by Gasteiger charge is 2.04. The van der Waals surface area contributed by atoms with Crippen molar-refractivity contribution in [1.29, 1.82) is 0 Å². The molecule has 15 heavy (non-hydrogen) atoms. The number of ether oxygens (including phenoxy) is 1. The summed E-state index contributed by atoms with van der Waals surface area (Å²) in [6, 6.07) is 3.72. The Hall–Kier alpha value is -1.35. The van der Waals surface area contributed by atoms with E-state index in [1.807, 2.05) is 12.1 Å². The second-order valence-electron chi connectivity index (χ2n) is 3.43. The molecule has 0 aromatic carbocycles. The van der Waals surface area contributed by atoms with E-state index in [9.17, 15) is 5.11 Å². The van der Waals surface area contributed by atoms with E-state index in [4.69, 9.17) is 4.74 Å². The lowest BCUT2D eigenvalue weighted by Crippen LogP contribution is -2.09. The molecule has 3 heteroatoms. The fourth-order valence-electron chi connectivity index (χ4n) is 1.34. The Morgan fingerprint density at radius 1 is 1.60 bits per heavy atom. The summed E-state index contributed by atoms with van der Waals surface area (Å²) in [5, 5.41) is 9.65. The third kappa shape index (κ3) is 4.13. The van der Waals surface area contributed by atoms with Crippen LogP contribution in [0.25, 0.3) is 0 Å². The molecule has 0 spiro atoms. The summed E-state index contributed by atoms with van der Waals surface area (Å²) in [5.41, 5.74) is 1.02. The van der Waals surface area contributed by atoms with Crippen LogP contribution in [0.15, 0.2) is 31.0 Å². The van der Waals surface area contributed by atoms with Gasteiger partial charge in [-0.15, -0.1) is 6.58 Å². The predicted octanol–water partition coefficient (Wildman–Crippen LogP) is 1.96. The van der Waals surface area contributed by atoms with Crippen molar-refractivity contribution in [1.82, 2.24) is 4.98 Å². The van der Waals surface area contributed by atoms with Crippen LogP contribution < -0.4 is 4.74 Å². The summed E-state index contributed by atoms with van der Waals surface area (Å²) in [6.45, 7) is 3.62. The molecule has 1 N–H and O–H groups in total. The minimum absolute atomic E-state index is 0.321. The lowest BCUT2D eigenvalue weighted by molar-refractivity contribution is 0.166. The van der Waals surface area contributed by atoms with E-state index in [0.29, 0.717) is 12.3 Å². The van der Waals surface area contributed by atoms with Gasteiger partial charge in [0.2, 0.25) is 5.88 Å². The van der Waals surface area contributed by atoms with Crippen molar-refractivity contribution in [2.45, 2.75) is 25.4 Å². The van der Waals surface area contributed by atoms with Crippen molar-refractivity contribution in [3.05, 3.63) is 36.5 Å². The molecule has 3 nitrogen and oxygen atoms in total. The maximum Gasteiger partial charge on any atom is 0.212 e. The Labute approximate surface area is 90.4 Å². The molecule has 0 bridgehead atoms. The predicted molar refractivity (Wildman–Crippen MR) is 59.9 cm³/mol. The van der Waals surface area contributed by atoms with Crippen LogP contribution in [-0.2, 0) is 6.42 Å². The van der Waals surface area contributed by atoms with E-state index in [0.717, 1.165) is 18.4 Å². The number of aliphatic hydroxyl groups excluding tert-OH is 1. The molecule has 0 saturated carbocycles. The maximum atomic E-state index is 9.65. The fraction of sp³-hybridized carbons (Fsp3) is 0.417. The smallest absolute Gasteiger partial charge is 0.212 e. The Bertz CT molecular complexity index is 295. The second-order valence-corrected chi connectivity index (χ2v) is 3.43. The zero-order valence-corrected chi connectivity index (χ0v) is 9.02. The van der Waals surface area contributed by atoms with Crippen LogP contribution >= 0.6 is 0 Å². The molecule has 82 valence electrons. The Morgan fingerprint density at radius 3 is 2.93 bits per heavy atom. The summed E-state index contributed by atoms with van der Waals surface area (Å²) in [7, 11) is 1.58. The normalized spacial score (nSPS) is 12.1.